The second kappa shape index (κ2) is 6.76. The van der Waals surface area contributed by atoms with Crippen molar-refractivity contribution in [3.8, 4) is 11.8 Å². The summed E-state index contributed by atoms with van der Waals surface area (Å²) in [6, 6.07) is 5.61. The van der Waals surface area contributed by atoms with E-state index in [-0.39, 0.29) is 11.3 Å². The summed E-state index contributed by atoms with van der Waals surface area (Å²) < 4.78 is 5.78. The molecule has 0 atom stereocenters. The van der Waals surface area contributed by atoms with Crippen molar-refractivity contribution in [3.05, 3.63) is 35.9 Å². The molecule has 3 aromatic rings. The van der Waals surface area contributed by atoms with Crippen molar-refractivity contribution in [2.75, 3.05) is 18.0 Å². The highest BCUT2D eigenvalue weighted by Gasteiger charge is 2.20. The molecule has 0 aliphatic carbocycles. The third kappa shape index (κ3) is 3.61. The van der Waals surface area contributed by atoms with E-state index >= 15 is 0 Å². The minimum absolute atomic E-state index is 0.124. The Balaban J connectivity index is 1.59. The van der Waals surface area contributed by atoms with Gasteiger partial charge in [0.1, 0.15) is 5.75 Å². The fourth-order valence-corrected chi connectivity index (χ4v) is 2.98. The maximum Gasteiger partial charge on any atom is 0.328 e. The van der Waals surface area contributed by atoms with Crippen molar-refractivity contribution in [2.24, 2.45) is 5.92 Å². The molecule has 0 bridgehead atoms. The maximum atomic E-state index is 6.07. The smallest absolute Gasteiger partial charge is 0.328 e. The Bertz CT molecular complexity index is 897. The highest BCUT2D eigenvalue weighted by molar-refractivity contribution is 6.28. The zero-order valence-corrected chi connectivity index (χ0v) is 14.5. The first-order chi connectivity index (χ1) is 12.2. The molecule has 3 heterocycles. The van der Waals surface area contributed by atoms with Crippen LogP contribution in [0.4, 0.5) is 5.95 Å². The number of rotatable bonds is 3. The van der Waals surface area contributed by atoms with E-state index in [1.54, 1.807) is 24.5 Å². The van der Waals surface area contributed by atoms with Crippen molar-refractivity contribution in [1.82, 2.24) is 24.9 Å². The molecule has 7 nitrogen and oxygen atoms in total. The van der Waals surface area contributed by atoms with Crippen LogP contribution >= 0.6 is 11.6 Å². The number of halogens is 1. The molecule has 1 saturated heterocycles. The number of nitrogens with zero attached hydrogens (tertiary/aromatic N) is 6. The van der Waals surface area contributed by atoms with E-state index in [4.69, 9.17) is 16.3 Å². The van der Waals surface area contributed by atoms with Crippen molar-refractivity contribution in [3.63, 3.8) is 0 Å². The highest BCUT2D eigenvalue weighted by Crippen LogP contribution is 2.25. The first kappa shape index (κ1) is 16.0. The largest absolute Gasteiger partial charge is 0.424 e. The van der Waals surface area contributed by atoms with Crippen molar-refractivity contribution >= 4 is 28.6 Å². The van der Waals surface area contributed by atoms with Crippen LogP contribution in [-0.4, -0.2) is 38.0 Å². The summed E-state index contributed by atoms with van der Waals surface area (Å²) in [4.78, 5) is 23.4. The fraction of sp³-hybridized carbons (Fsp3) is 0.353. The molecule has 25 heavy (non-hydrogen) atoms. The summed E-state index contributed by atoms with van der Waals surface area (Å²) >= 11 is 6.07. The number of piperidine rings is 1. The van der Waals surface area contributed by atoms with Gasteiger partial charge >= 0.3 is 6.01 Å². The molecule has 1 aliphatic rings. The van der Waals surface area contributed by atoms with E-state index in [0.717, 1.165) is 42.9 Å². The van der Waals surface area contributed by atoms with Crippen molar-refractivity contribution < 1.29 is 4.74 Å². The summed E-state index contributed by atoms with van der Waals surface area (Å²) in [5, 5.41) is 0.124. The van der Waals surface area contributed by atoms with Crippen molar-refractivity contribution in [2.45, 2.75) is 19.8 Å². The third-order valence-electron chi connectivity index (χ3n) is 4.29. The van der Waals surface area contributed by atoms with Gasteiger partial charge in [-0.15, -0.1) is 0 Å². The molecule has 4 rings (SSSR count). The van der Waals surface area contributed by atoms with Gasteiger partial charge in [-0.2, -0.15) is 15.0 Å². The minimum Gasteiger partial charge on any atom is -0.424 e. The fourth-order valence-electron chi connectivity index (χ4n) is 2.83. The Labute approximate surface area is 150 Å². The molecule has 128 valence electrons. The number of ether oxygens (including phenoxy) is 1. The van der Waals surface area contributed by atoms with Gasteiger partial charge in [-0.25, -0.2) is 0 Å². The number of fused-ring (bicyclic) bond motifs is 1. The van der Waals surface area contributed by atoms with E-state index < -0.39 is 0 Å². The van der Waals surface area contributed by atoms with Gasteiger partial charge in [-0.1, -0.05) is 6.92 Å². The van der Waals surface area contributed by atoms with Gasteiger partial charge in [0.15, 0.2) is 0 Å². The lowest BCUT2D eigenvalue weighted by molar-refractivity contribution is 0.422. The number of anilines is 1. The van der Waals surface area contributed by atoms with Gasteiger partial charge in [0.25, 0.3) is 0 Å². The first-order valence-electron chi connectivity index (χ1n) is 8.22. The molecule has 0 amide bonds. The highest BCUT2D eigenvalue weighted by atomic mass is 35.5. The first-order valence-corrected chi connectivity index (χ1v) is 8.60. The zero-order valence-electron chi connectivity index (χ0n) is 13.8. The second-order valence-corrected chi connectivity index (χ2v) is 6.50. The molecule has 2 aromatic heterocycles. The van der Waals surface area contributed by atoms with E-state index in [9.17, 15) is 0 Å². The summed E-state index contributed by atoms with van der Waals surface area (Å²) in [5.41, 5.74) is 1.54. The summed E-state index contributed by atoms with van der Waals surface area (Å²) in [5.74, 6) is 1.86. The molecule has 1 aliphatic heterocycles. The Morgan fingerprint density at radius 2 is 1.80 bits per heavy atom. The summed E-state index contributed by atoms with van der Waals surface area (Å²) in [6.45, 7) is 4.08. The minimum atomic E-state index is 0.124. The Morgan fingerprint density at radius 3 is 2.60 bits per heavy atom. The Morgan fingerprint density at radius 1 is 1.04 bits per heavy atom. The summed E-state index contributed by atoms with van der Waals surface area (Å²) in [6.07, 6.45) is 5.52. The number of hydrogen-bond acceptors (Lipinski definition) is 7. The Hall–Kier alpha value is -2.54. The van der Waals surface area contributed by atoms with E-state index in [1.807, 2.05) is 6.07 Å². The van der Waals surface area contributed by atoms with E-state index in [0.29, 0.717) is 11.7 Å². The van der Waals surface area contributed by atoms with Crippen molar-refractivity contribution in [1.29, 1.82) is 0 Å². The maximum absolute atomic E-state index is 6.07. The van der Waals surface area contributed by atoms with Gasteiger partial charge in [-0.05, 0) is 42.5 Å². The zero-order chi connectivity index (χ0) is 17.2. The second-order valence-electron chi connectivity index (χ2n) is 6.17. The predicted octanol–water partition coefficient (Wildman–Crippen LogP) is 3.50. The van der Waals surface area contributed by atoms with Crippen LogP contribution in [-0.2, 0) is 0 Å². The molecule has 1 fully saturated rings. The lowest BCUT2D eigenvalue weighted by Gasteiger charge is -2.30. The normalized spacial score (nSPS) is 15.5. The van der Waals surface area contributed by atoms with Gasteiger partial charge in [0, 0.05) is 31.5 Å². The van der Waals surface area contributed by atoms with Crippen LogP contribution in [0.15, 0.2) is 30.6 Å². The average Bonchev–Trinajstić information content (AvgIpc) is 2.62. The summed E-state index contributed by atoms with van der Waals surface area (Å²) in [7, 11) is 0. The van der Waals surface area contributed by atoms with Gasteiger partial charge < -0.3 is 9.64 Å². The molecular formula is C17H17ClN6O. The molecule has 0 unspecified atom stereocenters. The third-order valence-corrected chi connectivity index (χ3v) is 4.46. The van der Waals surface area contributed by atoms with Crippen LogP contribution in [0.25, 0.3) is 11.0 Å². The Kier molecular flexibility index (Phi) is 4.31. The van der Waals surface area contributed by atoms with Crippen LogP contribution in [0, 0.1) is 5.92 Å². The van der Waals surface area contributed by atoms with Crippen LogP contribution in [0.3, 0.4) is 0 Å². The van der Waals surface area contributed by atoms with Crippen LogP contribution in [0.2, 0.25) is 5.28 Å². The molecule has 1 aromatic carbocycles. The lowest BCUT2D eigenvalue weighted by atomic mass is 10.00. The van der Waals surface area contributed by atoms with Gasteiger partial charge in [-0.3, -0.25) is 9.97 Å². The quantitative estimate of drug-likeness (QED) is 0.710. The van der Waals surface area contributed by atoms with E-state index in [1.165, 1.54) is 0 Å². The predicted molar refractivity (Wildman–Crippen MR) is 95.1 cm³/mol. The van der Waals surface area contributed by atoms with Gasteiger partial charge in [0.05, 0.1) is 11.0 Å². The topological polar surface area (TPSA) is 76.9 Å². The molecule has 0 saturated carbocycles. The monoisotopic (exact) mass is 356 g/mol. The standard InChI is InChI=1S/C17H17ClN6O/c1-11-4-8-24(9-5-11)16-21-15(18)22-17(23-16)25-12-2-3-13-14(10-12)20-7-6-19-13/h2-3,6-7,10-11H,4-5,8-9H2,1H3. The molecule has 0 spiro atoms. The van der Waals surface area contributed by atoms with Crippen LogP contribution < -0.4 is 9.64 Å². The number of aromatic nitrogens is 5. The molecule has 8 heteroatoms. The molecule has 0 radical (unpaired) electrons. The lowest BCUT2D eigenvalue weighted by Crippen LogP contribution is -2.34. The van der Waals surface area contributed by atoms with E-state index in [2.05, 4.69) is 36.7 Å². The van der Waals surface area contributed by atoms with Crippen LogP contribution in [0.1, 0.15) is 19.8 Å². The van der Waals surface area contributed by atoms with Crippen LogP contribution in [0.5, 0.6) is 11.8 Å². The molecular weight excluding hydrogens is 340 g/mol. The number of benzene rings is 1. The SMILES string of the molecule is CC1CCN(c2nc(Cl)nc(Oc3ccc4nccnc4c3)n2)CC1. The van der Waals surface area contributed by atoms with Gasteiger partial charge in [0.2, 0.25) is 11.2 Å². The number of hydrogen-bond donors (Lipinski definition) is 0. The molecule has 0 N–H and O–H groups in total. The average molecular weight is 357 g/mol.